The van der Waals surface area contributed by atoms with Crippen molar-refractivity contribution in [1.82, 2.24) is 0 Å². The van der Waals surface area contributed by atoms with E-state index in [1.165, 1.54) is 18.4 Å². The Bertz CT molecular complexity index is 619. The summed E-state index contributed by atoms with van der Waals surface area (Å²) in [5.74, 6) is 0.387. The predicted molar refractivity (Wildman–Crippen MR) is 81.3 cm³/mol. The van der Waals surface area contributed by atoms with Crippen LogP contribution in [0.4, 0.5) is 5.69 Å². The van der Waals surface area contributed by atoms with E-state index in [4.69, 9.17) is 15.2 Å². The molecule has 5 heteroatoms. The van der Waals surface area contributed by atoms with Crippen LogP contribution in [0, 0.1) is 0 Å². The van der Waals surface area contributed by atoms with Gasteiger partial charge < -0.3 is 15.2 Å². The van der Waals surface area contributed by atoms with Crippen LogP contribution in [-0.2, 0) is 4.74 Å². The number of carbonyl (C=O) groups excluding carboxylic acids is 1. The second-order valence-corrected chi connectivity index (χ2v) is 5.63. The summed E-state index contributed by atoms with van der Waals surface area (Å²) in [6, 6.07) is 9.50. The van der Waals surface area contributed by atoms with E-state index >= 15 is 0 Å². The number of ether oxygens (including phenoxy) is 2. The maximum Gasteiger partial charge on any atom is 0.350 e. The first-order chi connectivity index (χ1) is 9.51. The van der Waals surface area contributed by atoms with Gasteiger partial charge >= 0.3 is 5.97 Å². The fraction of sp³-hybridized carbons (Fsp3) is 0.267. The molecule has 0 aliphatic heterocycles. The van der Waals surface area contributed by atoms with Gasteiger partial charge in [0.05, 0.1) is 18.9 Å². The first-order valence-electron chi connectivity index (χ1n) is 6.26. The number of benzene rings is 1. The molecular formula is C15H17NO3S. The highest BCUT2D eigenvalue weighted by Crippen LogP contribution is 2.35. The SMILES string of the molecule is COC(=O)c1sc(-c2cccc(OC(C)C)c2)cc1N. The second-order valence-electron chi connectivity index (χ2n) is 4.58. The summed E-state index contributed by atoms with van der Waals surface area (Å²) in [4.78, 5) is 12.9. The molecule has 2 aromatic rings. The number of carbonyl (C=O) groups is 1. The van der Waals surface area contributed by atoms with Crippen LogP contribution in [0.3, 0.4) is 0 Å². The fourth-order valence-corrected chi connectivity index (χ4v) is 2.79. The van der Waals surface area contributed by atoms with E-state index < -0.39 is 5.97 Å². The standard InChI is InChI=1S/C15H17NO3S/c1-9(2)19-11-6-4-5-10(7-11)13-8-12(16)14(20-13)15(17)18-3/h4-9H,16H2,1-3H3. The van der Waals surface area contributed by atoms with Gasteiger partial charge in [0.15, 0.2) is 0 Å². The van der Waals surface area contributed by atoms with Gasteiger partial charge in [-0.1, -0.05) is 12.1 Å². The van der Waals surface area contributed by atoms with E-state index in [-0.39, 0.29) is 6.10 Å². The number of esters is 1. The number of methoxy groups -OCH3 is 1. The van der Waals surface area contributed by atoms with Gasteiger partial charge in [0, 0.05) is 4.88 Å². The zero-order valence-electron chi connectivity index (χ0n) is 11.7. The molecule has 1 heterocycles. The molecule has 0 amide bonds. The highest BCUT2D eigenvalue weighted by Gasteiger charge is 2.15. The number of thiophene rings is 1. The van der Waals surface area contributed by atoms with Crippen molar-refractivity contribution in [1.29, 1.82) is 0 Å². The Morgan fingerprint density at radius 3 is 2.70 bits per heavy atom. The molecule has 0 saturated heterocycles. The molecule has 1 aromatic carbocycles. The second kappa shape index (κ2) is 5.96. The number of nitrogen functional groups attached to an aromatic ring is 1. The monoisotopic (exact) mass is 291 g/mol. The lowest BCUT2D eigenvalue weighted by Crippen LogP contribution is -2.05. The summed E-state index contributed by atoms with van der Waals surface area (Å²) in [6.07, 6.45) is 0.115. The molecule has 0 unspecified atom stereocenters. The Labute approximate surface area is 122 Å². The van der Waals surface area contributed by atoms with Crippen LogP contribution in [-0.4, -0.2) is 19.2 Å². The zero-order valence-corrected chi connectivity index (χ0v) is 12.5. The predicted octanol–water partition coefficient (Wildman–Crippen LogP) is 3.57. The van der Waals surface area contributed by atoms with Crippen LogP contribution >= 0.6 is 11.3 Å². The van der Waals surface area contributed by atoms with Crippen LogP contribution in [0.15, 0.2) is 30.3 Å². The minimum Gasteiger partial charge on any atom is -0.491 e. The van der Waals surface area contributed by atoms with Gasteiger partial charge in [-0.25, -0.2) is 4.79 Å². The third-order valence-corrected chi connectivity index (χ3v) is 3.80. The first-order valence-corrected chi connectivity index (χ1v) is 7.07. The van der Waals surface area contributed by atoms with E-state index in [2.05, 4.69) is 0 Å². The lowest BCUT2D eigenvalue weighted by molar-refractivity contribution is 0.0607. The third kappa shape index (κ3) is 3.11. The Kier molecular flexibility index (Phi) is 4.29. The van der Waals surface area contributed by atoms with Crippen molar-refractivity contribution in [2.45, 2.75) is 20.0 Å². The first kappa shape index (κ1) is 14.4. The lowest BCUT2D eigenvalue weighted by atomic mass is 10.1. The molecule has 106 valence electrons. The molecule has 2 rings (SSSR count). The van der Waals surface area contributed by atoms with Crippen LogP contribution in [0.5, 0.6) is 5.75 Å². The zero-order chi connectivity index (χ0) is 14.7. The lowest BCUT2D eigenvalue weighted by Gasteiger charge is -2.10. The molecule has 2 N–H and O–H groups in total. The van der Waals surface area contributed by atoms with E-state index in [0.29, 0.717) is 10.6 Å². The average Bonchev–Trinajstić information content (AvgIpc) is 2.79. The maximum atomic E-state index is 11.6. The quantitative estimate of drug-likeness (QED) is 0.875. The van der Waals surface area contributed by atoms with E-state index in [9.17, 15) is 4.79 Å². The Morgan fingerprint density at radius 1 is 1.30 bits per heavy atom. The van der Waals surface area contributed by atoms with Crippen molar-refractivity contribution in [3.05, 3.63) is 35.2 Å². The normalized spacial score (nSPS) is 10.6. The molecule has 0 spiro atoms. The Hall–Kier alpha value is -2.01. The van der Waals surface area contributed by atoms with Crippen molar-refractivity contribution in [3.8, 4) is 16.2 Å². The molecular weight excluding hydrogens is 274 g/mol. The molecule has 0 atom stereocenters. The number of nitrogens with two attached hydrogens (primary N) is 1. The molecule has 1 aromatic heterocycles. The van der Waals surface area contributed by atoms with Gasteiger partial charge in [-0.3, -0.25) is 0 Å². The molecule has 0 bridgehead atoms. The fourth-order valence-electron chi connectivity index (χ4n) is 1.79. The Balaban J connectivity index is 2.34. The van der Waals surface area contributed by atoms with Crippen molar-refractivity contribution in [3.63, 3.8) is 0 Å². The number of hydrogen-bond acceptors (Lipinski definition) is 5. The number of rotatable bonds is 4. The molecule has 0 aliphatic carbocycles. The third-order valence-electron chi connectivity index (χ3n) is 2.62. The molecule has 4 nitrogen and oxygen atoms in total. The molecule has 0 fully saturated rings. The summed E-state index contributed by atoms with van der Waals surface area (Å²) in [5, 5.41) is 0. The minimum absolute atomic E-state index is 0.115. The van der Waals surface area contributed by atoms with E-state index in [0.717, 1.165) is 16.2 Å². The van der Waals surface area contributed by atoms with Gasteiger partial charge in [0.25, 0.3) is 0 Å². The van der Waals surface area contributed by atoms with Gasteiger partial charge in [0.2, 0.25) is 0 Å². The van der Waals surface area contributed by atoms with Crippen LogP contribution in [0.25, 0.3) is 10.4 Å². The molecule has 0 saturated carbocycles. The number of anilines is 1. The van der Waals surface area contributed by atoms with Crippen molar-refractivity contribution in [2.24, 2.45) is 0 Å². The van der Waals surface area contributed by atoms with Crippen LogP contribution in [0.1, 0.15) is 23.5 Å². The molecule has 20 heavy (non-hydrogen) atoms. The summed E-state index contributed by atoms with van der Waals surface area (Å²) >= 11 is 1.32. The summed E-state index contributed by atoms with van der Waals surface area (Å²) in [7, 11) is 1.35. The van der Waals surface area contributed by atoms with E-state index in [1.807, 2.05) is 38.1 Å². The van der Waals surface area contributed by atoms with Gasteiger partial charge in [-0.2, -0.15) is 0 Å². The van der Waals surface area contributed by atoms with Gasteiger partial charge in [-0.05, 0) is 37.6 Å². The van der Waals surface area contributed by atoms with Crippen molar-refractivity contribution in [2.75, 3.05) is 12.8 Å². The average molecular weight is 291 g/mol. The molecule has 0 radical (unpaired) electrons. The van der Waals surface area contributed by atoms with E-state index in [1.54, 1.807) is 6.07 Å². The van der Waals surface area contributed by atoms with Gasteiger partial charge in [0.1, 0.15) is 10.6 Å². The summed E-state index contributed by atoms with van der Waals surface area (Å²) in [6.45, 7) is 3.95. The molecule has 0 aliphatic rings. The largest absolute Gasteiger partial charge is 0.491 e. The highest BCUT2D eigenvalue weighted by molar-refractivity contribution is 7.18. The van der Waals surface area contributed by atoms with Crippen LogP contribution in [0.2, 0.25) is 0 Å². The minimum atomic E-state index is -0.409. The van der Waals surface area contributed by atoms with Gasteiger partial charge in [-0.15, -0.1) is 11.3 Å². The smallest absolute Gasteiger partial charge is 0.350 e. The summed E-state index contributed by atoms with van der Waals surface area (Å²) < 4.78 is 10.4. The van der Waals surface area contributed by atoms with Crippen LogP contribution < -0.4 is 10.5 Å². The van der Waals surface area contributed by atoms with Crippen molar-refractivity contribution >= 4 is 23.0 Å². The highest BCUT2D eigenvalue weighted by atomic mass is 32.1. The Morgan fingerprint density at radius 2 is 2.05 bits per heavy atom. The maximum absolute atomic E-state index is 11.6. The van der Waals surface area contributed by atoms with Crippen molar-refractivity contribution < 1.29 is 14.3 Å². The topological polar surface area (TPSA) is 61.5 Å². The summed E-state index contributed by atoms with van der Waals surface area (Å²) in [5.41, 5.74) is 7.26. The number of hydrogen-bond donors (Lipinski definition) is 1.